The van der Waals surface area contributed by atoms with Crippen molar-refractivity contribution in [1.29, 1.82) is 0 Å². The molecule has 1 saturated carbocycles. The molecule has 0 spiro atoms. The topological polar surface area (TPSA) is 130 Å². The number of nitrogens with zero attached hydrogens (tertiary/aromatic N) is 4. The second-order valence-electron chi connectivity index (χ2n) is 4.81. The van der Waals surface area contributed by atoms with Crippen molar-refractivity contribution in [3.05, 3.63) is 12.7 Å². The standard InChI is InChI=1S/C11H15N5O3/c12-10-7-11(14-3-13-10)16(4-15-7)6-1-5(2-17)8(18)9(6)19/h3-6,8-9,17-19H,1-2H2,(H2,12,13,14)/t5-,6-,8+,9+/m1/s1. The van der Waals surface area contributed by atoms with Gasteiger partial charge in [0, 0.05) is 12.5 Å². The average molecular weight is 265 g/mol. The van der Waals surface area contributed by atoms with Gasteiger partial charge in [-0.3, -0.25) is 0 Å². The Hall–Kier alpha value is -1.77. The molecule has 4 atom stereocenters. The summed E-state index contributed by atoms with van der Waals surface area (Å²) in [4.78, 5) is 12.1. The van der Waals surface area contributed by atoms with Crippen LogP contribution in [0.2, 0.25) is 0 Å². The van der Waals surface area contributed by atoms with E-state index in [4.69, 9.17) is 5.73 Å². The van der Waals surface area contributed by atoms with E-state index in [2.05, 4.69) is 15.0 Å². The van der Waals surface area contributed by atoms with E-state index in [1.54, 1.807) is 4.57 Å². The summed E-state index contributed by atoms with van der Waals surface area (Å²) >= 11 is 0. The van der Waals surface area contributed by atoms with Crippen LogP contribution in [0.5, 0.6) is 0 Å². The lowest BCUT2D eigenvalue weighted by Crippen LogP contribution is -2.30. The maximum absolute atomic E-state index is 10.1. The van der Waals surface area contributed by atoms with Crippen molar-refractivity contribution in [2.75, 3.05) is 12.3 Å². The number of hydrogen-bond donors (Lipinski definition) is 4. The van der Waals surface area contributed by atoms with Gasteiger partial charge < -0.3 is 25.6 Å². The summed E-state index contributed by atoms with van der Waals surface area (Å²) in [5.41, 5.74) is 6.69. The lowest BCUT2D eigenvalue weighted by molar-refractivity contribution is -0.00370. The van der Waals surface area contributed by atoms with Crippen LogP contribution in [-0.2, 0) is 0 Å². The van der Waals surface area contributed by atoms with Crippen LogP contribution < -0.4 is 5.73 Å². The maximum Gasteiger partial charge on any atom is 0.165 e. The lowest BCUT2D eigenvalue weighted by Gasteiger charge is -2.18. The van der Waals surface area contributed by atoms with Crippen LogP contribution in [0.4, 0.5) is 5.82 Å². The molecule has 0 radical (unpaired) electrons. The van der Waals surface area contributed by atoms with Crippen LogP contribution in [0.3, 0.4) is 0 Å². The Morgan fingerprint density at radius 1 is 1.26 bits per heavy atom. The van der Waals surface area contributed by atoms with E-state index < -0.39 is 12.2 Å². The van der Waals surface area contributed by atoms with Crippen LogP contribution in [-0.4, -0.2) is 53.7 Å². The molecule has 1 aliphatic carbocycles. The Kier molecular flexibility index (Phi) is 2.85. The van der Waals surface area contributed by atoms with Crippen molar-refractivity contribution in [3.8, 4) is 0 Å². The number of aromatic nitrogens is 4. The quantitative estimate of drug-likeness (QED) is 0.530. The van der Waals surface area contributed by atoms with Crippen molar-refractivity contribution in [2.45, 2.75) is 24.7 Å². The molecular weight excluding hydrogens is 250 g/mol. The van der Waals surface area contributed by atoms with Gasteiger partial charge in [0.25, 0.3) is 0 Å². The average Bonchev–Trinajstić information content (AvgIpc) is 2.94. The summed E-state index contributed by atoms with van der Waals surface area (Å²) in [5.74, 6) is -0.0767. The van der Waals surface area contributed by atoms with E-state index in [9.17, 15) is 15.3 Å². The number of aliphatic hydroxyl groups excluding tert-OH is 3. The monoisotopic (exact) mass is 265 g/mol. The molecule has 2 aromatic rings. The largest absolute Gasteiger partial charge is 0.396 e. The molecule has 8 heteroatoms. The Labute approximate surface area is 108 Å². The number of imidazole rings is 1. The number of fused-ring (bicyclic) bond motifs is 1. The molecule has 3 rings (SSSR count). The van der Waals surface area contributed by atoms with E-state index in [0.717, 1.165) is 0 Å². The van der Waals surface area contributed by atoms with E-state index in [1.807, 2.05) is 0 Å². The number of aliphatic hydroxyl groups is 3. The number of hydrogen-bond acceptors (Lipinski definition) is 7. The van der Waals surface area contributed by atoms with Crippen molar-refractivity contribution in [3.63, 3.8) is 0 Å². The third-order valence-corrected chi connectivity index (χ3v) is 3.75. The van der Waals surface area contributed by atoms with Crippen molar-refractivity contribution >= 4 is 17.0 Å². The fraction of sp³-hybridized carbons (Fsp3) is 0.545. The van der Waals surface area contributed by atoms with Crippen LogP contribution in [0.15, 0.2) is 12.7 Å². The Morgan fingerprint density at radius 3 is 2.74 bits per heavy atom. The summed E-state index contributed by atoms with van der Waals surface area (Å²) in [6.45, 7) is -0.168. The zero-order valence-corrected chi connectivity index (χ0v) is 10.1. The van der Waals surface area contributed by atoms with Gasteiger partial charge in [0.05, 0.1) is 18.5 Å². The maximum atomic E-state index is 10.1. The first kappa shape index (κ1) is 12.3. The van der Waals surface area contributed by atoms with Gasteiger partial charge in [-0.15, -0.1) is 0 Å². The van der Waals surface area contributed by atoms with Gasteiger partial charge in [-0.05, 0) is 6.42 Å². The summed E-state index contributed by atoms with van der Waals surface area (Å²) in [5, 5.41) is 29.1. The van der Waals surface area contributed by atoms with Crippen LogP contribution in [0.1, 0.15) is 12.5 Å². The lowest BCUT2D eigenvalue weighted by atomic mass is 10.1. The third kappa shape index (κ3) is 1.76. The minimum absolute atomic E-state index is 0.168. The first-order chi connectivity index (χ1) is 9.13. The SMILES string of the molecule is Nc1ncnc2c1ncn2[C@@H]1C[C@H](CO)[C@H](O)[C@H]1O. The zero-order chi connectivity index (χ0) is 13.6. The zero-order valence-electron chi connectivity index (χ0n) is 10.1. The smallest absolute Gasteiger partial charge is 0.165 e. The van der Waals surface area contributed by atoms with E-state index >= 15 is 0 Å². The normalized spacial score (nSPS) is 31.1. The van der Waals surface area contributed by atoms with E-state index in [1.165, 1.54) is 12.7 Å². The number of nitrogens with two attached hydrogens (primary N) is 1. The predicted octanol–water partition coefficient (Wildman–Crippen LogP) is -1.32. The van der Waals surface area contributed by atoms with Gasteiger partial charge in [-0.25, -0.2) is 15.0 Å². The minimum Gasteiger partial charge on any atom is -0.396 e. The summed E-state index contributed by atoms with van der Waals surface area (Å²) in [6.07, 6.45) is 1.39. The highest BCUT2D eigenvalue weighted by Crippen LogP contribution is 2.36. The van der Waals surface area contributed by atoms with Gasteiger partial charge in [-0.2, -0.15) is 0 Å². The van der Waals surface area contributed by atoms with Gasteiger partial charge in [-0.1, -0.05) is 0 Å². The molecule has 1 aliphatic rings. The number of anilines is 1. The first-order valence-electron chi connectivity index (χ1n) is 6.03. The van der Waals surface area contributed by atoms with Crippen molar-refractivity contribution < 1.29 is 15.3 Å². The molecule has 0 amide bonds. The van der Waals surface area contributed by atoms with E-state index in [-0.39, 0.29) is 24.4 Å². The molecule has 0 bridgehead atoms. The highest BCUT2D eigenvalue weighted by Gasteiger charge is 2.42. The van der Waals surface area contributed by atoms with Gasteiger partial charge in [0.1, 0.15) is 17.9 Å². The van der Waals surface area contributed by atoms with Crippen LogP contribution in [0, 0.1) is 5.92 Å². The highest BCUT2D eigenvalue weighted by atomic mass is 16.3. The molecule has 102 valence electrons. The molecule has 1 fully saturated rings. The number of rotatable bonds is 2. The second kappa shape index (κ2) is 4.41. The van der Waals surface area contributed by atoms with Gasteiger partial charge in [0.2, 0.25) is 0 Å². The molecule has 0 unspecified atom stereocenters. The molecule has 8 nitrogen and oxygen atoms in total. The van der Waals surface area contributed by atoms with Crippen molar-refractivity contribution in [2.24, 2.45) is 5.92 Å². The highest BCUT2D eigenvalue weighted by molar-refractivity contribution is 5.81. The molecular formula is C11H15N5O3. The van der Waals surface area contributed by atoms with Gasteiger partial charge >= 0.3 is 0 Å². The molecule has 19 heavy (non-hydrogen) atoms. The molecule has 5 N–H and O–H groups in total. The third-order valence-electron chi connectivity index (χ3n) is 3.75. The summed E-state index contributed by atoms with van der Waals surface area (Å²) in [6, 6.07) is -0.383. The first-order valence-corrected chi connectivity index (χ1v) is 6.03. The van der Waals surface area contributed by atoms with Gasteiger partial charge in [0.15, 0.2) is 11.5 Å². The molecule has 2 heterocycles. The molecule has 0 aromatic carbocycles. The predicted molar refractivity (Wildman–Crippen MR) is 66.0 cm³/mol. The molecule has 0 saturated heterocycles. The number of nitrogen functional groups attached to an aromatic ring is 1. The van der Waals surface area contributed by atoms with Crippen LogP contribution in [0.25, 0.3) is 11.2 Å². The Morgan fingerprint density at radius 2 is 2.05 bits per heavy atom. The summed E-state index contributed by atoms with van der Waals surface area (Å²) in [7, 11) is 0. The Balaban J connectivity index is 2.04. The van der Waals surface area contributed by atoms with E-state index in [0.29, 0.717) is 17.6 Å². The Bertz CT molecular complexity index is 601. The molecule has 0 aliphatic heterocycles. The fourth-order valence-corrected chi connectivity index (χ4v) is 2.67. The molecule has 2 aromatic heterocycles. The fourth-order valence-electron chi connectivity index (χ4n) is 2.67. The van der Waals surface area contributed by atoms with Crippen LogP contribution >= 0.6 is 0 Å². The second-order valence-corrected chi connectivity index (χ2v) is 4.81. The van der Waals surface area contributed by atoms with Crippen molar-refractivity contribution in [1.82, 2.24) is 19.5 Å². The minimum atomic E-state index is -0.967. The summed E-state index contributed by atoms with van der Waals surface area (Å²) < 4.78 is 1.68.